The zero-order chi connectivity index (χ0) is 36.8. The number of aromatic nitrogens is 7. The van der Waals surface area contributed by atoms with E-state index in [9.17, 15) is 5.11 Å². The normalized spacial score (nSPS) is 14.7. The number of benzene rings is 5. The highest BCUT2D eigenvalue weighted by Crippen LogP contribution is 2.45. The van der Waals surface area contributed by atoms with Gasteiger partial charge in [-0.25, -0.2) is 14.6 Å². The van der Waals surface area contributed by atoms with Crippen LogP contribution in [0.1, 0.15) is 77.3 Å². The maximum atomic E-state index is 10.4. The van der Waals surface area contributed by atoms with E-state index in [1.807, 2.05) is 28.9 Å². The Morgan fingerprint density at radius 1 is 0.759 bits per heavy atom. The molecule has 1 aliphatic rings. The monoisotopic (exact) mass is 707 g/mol. The van der Waals surface area contributed by atoms with Gasteiger partial charge in [-0.2, -0.15) is 0 Å². The van der Waals surface area contributed by atoms with Crippen LogP contribution in [0.4, 0.5) is 0 Å². The fourth-order valence-corrected chi connectivity index (χ4v) is 8.52. The van der Waals surface area contributed by atoms with Crippen molar-refractivity contribution in [2.45, 2.75) is 57.7 Å². The standard InChI is InChI=1S/C46H41N7O/c1-4-42-48-43-30(2)28-40(31(3)54)47-45(43)52(42)41-27-25-33-29-32(24-26-38(33)41)37-22-14-15-23-39(37)44-49-50-51-53(44)46(34-16-8-5-9-17-34,35-18-10-6-11-19-35)36-20-12-7-13-21-36/h5-24,26,28-29,31,41,54H,4,25,27H2,1-3H3/t31?,41-/m0/s1. The Balaban J connectivity index is 1.19. The van der Waals surface area contributed by atoms with Gasteiger partial charge in [0.25, 0.3) is 0 Å². The number of imidazole rings is 1. The van der Waals surface area contributed by atoms with Gasteiger partial charge in [0.1, 0.15) is 16.9 Å². The number of aliphatic hydroxyl groups is 1. The molecule has 0 spiro atoms. The third-order valence-corrected chi connectivity index (χ3v) is 11.0. The Morgan fingerprint density at radius 2 is 1.37 bits per heavy atom. The van der Waals surface area contributed by atoms with Crippen molar-refractivity contribution in [2.75, 3.05) is 0 Å². The second-order valence-corrected chi connectivity index (χ2v) is 14.2. The fourth-order valence-electron chi connectivity index (χ4n) is 8.52. The number of tetrazole rings is 1. The Morgan fingerprint density at radius 3 is 1.98 bits per heavy atom. The number of rotatable bonds is 9. The first-order chi connectivity index (χ1) is 26.5. The van der Waals surface area contributed by atoms with Gasteiger partial charge in [-0.3, -0.25) is 0 Å². The average molecular weight is 708 g/mol. The van der Waals surface area contributed by atoms with Gasteiger partial charge >= 0.3 is 0 Å². The van der Waals surface area contributed by atoms with Crippen molar-refractivity contribution in [3.8, 4) is 22.5 Å². The van der Waals surface area contributed by atoms with Gasteiger partial charge < -0.3 is 9.67 Å². The van der Waals surface area contributed by atoms with Crippen LogP contribution in [0.3, 0.4) is 0 Å². The van der Waals surface area contributed by atoms with Crippen LogP contribution < -0.4 is 0 Å². The van der Waals surface area contributed by atoms with Crippen molar-refractivity contribution in [2.24, 2.45) is 0 Å². The smallest absolute Gasteiger partial charge is 0.184 e. The Labute approximate surface area is 314 Å². The highest BCUT2D eigenvalue weighted by molar-refractivity contribution is 5.82. The van der Waals surface area contributed by atoms with E-state index in [2.05, 4.69) is 139 Å². The number of nitrogens with zero attached hydrogens (tertiary/aromatic N) is 7. The summed E-state index contributed by atoms with van der Waals surface area (Å²) in [5.74, 6) is 1.69. The van der Waals surface area contributed by atoms with Crippen LogP contribution >= 0.6 is 0 Å². The minimum atomic E-state index is -0.856. The molecule has 9 rings (SSSR count). The molecule has 8 nitrogen and oxygen atoms in total. The SMILES string of the molecule is CCc1nc2c(C)cc(C(C)O)nc2n1[C@H]1CCc2cc(-c3ccccc3-c3nnnn3C(c3ccccc3)(c3ccccc3)c3ccccc3)ccc21. The maximum absolute atomic E-state index is 10.4. The quantitative estimate of drug-likeness (QED) is 0.151. The molecular formula is C46H41N7O. The predicted molar refractivity (Wildman–Crippen MR) is 212 cm³/mol. The van der Waals surface area contributed by atoms with Crippen LogP contribution in [0.5, 0.6) is 0 Å². The van der Waals surface area contributed by atoms with E-state index in [4.69, 9.17) is 20.3 Å². The van der Waals surface area contributed by atoms with Crippen molar-refractivity contribution >= 4 is 11.2 Å². The zero-order valence-electron chi connectivity index (χ0n) is 30.6. The molecule has 8 heteroatoms. The van der Waals surface area contributed by atoms with Crippen LogP contribution in [0, 0.1) is 6.92 Å². The van der Waals surface area contributed by atoms with Gasteiger partial charge in [0.2, 0.25) is 0 Å². The lowest BCUT2D eigenvalue weighted by Gasteiger charge is -2.36. The summed E-state index contributed by atoms with van der Waals surface area (Å²) in [5, 5.41) is 24.4. The van der Waals surface area contributed by atoms with Gasteiger partial charge in [0.05, 0.1) is 17.8 Å². The molecular weight excluding hydrogens is 667 g/mol. The maximum Gasteiger partial charge on any atom is 0.184 e. The summed E-state index contributed by atoms with van der Waals surface area (Å²) in [7, 11) is 0. The van der Waals surface area contributed by atoms with Gasteiger partial charge in [0, 0.05) is 12.0 Å². The molecule has 266 valence electrons. The van der Waals surface area contributed by atoms with E-state index in [0.717, 1.165) is 75.2 Å². The lowest BCUT2D eigenvalue weighted by molar-refractivity contribution is 0.194. The molecule has 0 saturated carbocycles. The molecule has 0 fully saturated rings. The van der Waals surface area contributed by atoms with Crippen molar-refractivity contribution in [3.05, 3.63) is 184 Å². The number of aryl methyl sites for hydroxylation is 3. The molecule has 0 bridgehead atoms. The lowest BCUT2D eigenvalue weighted by atomic mass is 9.77. The van der Waals surface area contributed by atoms with Crippen molar-refractivity contribution in [3.63, 3.8) is 0 Å². The predicted octanol–water partition coefficient (Wildman–Crippen LogP) is 9.05. The Kier molecular flexibility index (Phi) is 8.47. The first kappa shape index (κ1) is 33.6. The lowest BCUT2D eigenvalue weighted by Crippen LogP contribution is -2.39. The summed E-state index contributed by atoms with van der Waals surface area (Å²) in [6.45, 7) is 5.97. The van der Waals surface area contributed by atoms with Crippen LogP contribution in [-0.4, -0.2) is 39.8 Å². The molecule has 2 atom stereocenters. The molecule has 1 unspecified atom stereocenters. The van der Waals surface area contributed by atoms with Crippen molar-refractivity contribution in [1.29, 1.82) is 0 Å². The topological polar surface area (TPSA) is 94.5 Å². The molecule has 0 radical (unpaired) electrons. The van der Waals surface area contributed by atoms with E-state index < -0.39 is 11.6 Å². The summed E-state index contributed by atoms with van der Waals surface area (Å²) in [4.78, 5) is 9.99. The first-order valence-electron chi connectivity index (χ1n) is 18.7. The van der Waals surface area contributed by atoms with Gasteiger partial charge in [0.15, 0.2) is 11.5 Å². The van der Waals surface area contributed by atoms with Crippen LogP contribution in [-0.2, 0) is 18.4 Å². The summed E-state index contributed by atoms with van der Waals surface area (Å²) in [6.07, 6.45) is 2.02. The highest BCUT2D eigenvalue weighted by Gasteiger charge is 2.42. The number of hydrogen-bond donors (Lipinski definition) is 1. The van der Waals surface area contributed by atoms with E-state index >= 15 is 0 Å². The minimum absolute atomic E-state index is 0.107. The molecule has 54 heavy (non-hydrogen) atoms. The van der Waals surface area contributed by atoms with E-state index in [1.165, 1.54) is 11.1 Å². The van der Waals surface area contributed by atoms with Crippen LogP contribution in [0.15, 0.2) is 140 Å². The molecule has 3 aromatic heterocycles. The van der Waals surface area contributed by atoms with Gasteiger partial charge in [-0.05, 0) is 87.7 Å². The summed E-state index contributed by atoms with van der Waals surface area (Å²) < 4.78 is 4.32. The number of hydrogen-bond acceptors (Lipinski definition) is 6. The van der Waals surface area contributed by atoms with Gasteiger partial charge in [-0.15, -0.1) is 5.10 Å². The molecule has 0 saturated heterocycles. The van der Waals surface area contributed by atoms with Crippen LogP contribution in [0.2, 0.25) is 0 Å². The molecule has 0 amide bonds. The van der Waals surface area contributed by atoms with Gasteiger partial charge in [-0.1, -0.05) is 140 Å². The highest BCUT2D eigenvalue weighted by atomic mass is 16.3. The summed E-state index contributed by atoms with van der Waals surface area (Å²) >= 11 is 0. The second-order valence-electron chi connectivity index (χ2n) is 14.2. The third kappa shape index (κ3) is 5.36. The second kappa shape index (κ2) is 13.6. The molecule has 1 N–H and O–H groups in total. The van der Waals surface area contributed by atoms with Crippen molar-refractivity contribution < 1.29 is 5.11 Å². The number of pyridine rings is 1. The Bertz CT molecular complexity index is 2500. The first-order valence-corrected chi connectivity index (χ1v) is 18.7. The van der Waals surface area contributed by atoms with E-state index in [1.54, 1.807) is 6.92 Å². The van der Waals surface area contributed by atoms with E-state index in [0.29, 0.717) is 11.5 Å². The third-order valence-electron chi connectivity index (χ3n) is 11.0. The molecule has 5 aromatic carbocycles. The van der Waals surface area contributed by atoms with Crippen LogP contribution in [0.25, 0.3) is 33.7 Å². The fraction of sp³-hybridized carbons (Fsp3) is 0.196. The minimum Gasteiger partial charge on any atom is -0.387 e. The molecule has 1 aliphatic carbocycles. The van der Waals surface area contributed by atoms with E-state index in [-0.39, 0.29) is 6.04 Å². The zero-order valence-corrected chi connectivity index (χ0v) is 30.6. The van der Waals surface area contributed by atoms with Crippen molar-refractivity contribution in [1.82, 2.24) is 34.7 Å². The number of aliphatic hydroxyl groups excluding tert-OH is 1. The summed E-state index contributed by atoms with van der Waals surface area (Å²) in [5.41, 5.74) is 11.5. The summed E-state index contributed by atoms with van der Waals surface area (Å²) in [6, 6.07) is 48.9. The molecule has 3 heterocycles. The molecule has 8 aromatic rings. The number of fused-ring (bicyclic) bond motifs is 2. The average Bonchev–Trinajstić information content (AvgIpc) is 3.97. The molecule has 0 aliphatic heterocycles. The largest absolute Gasteiger partial charge is 0.387 e. The Hall–Kier alpha value is -6.25.